The number of unbranched alkanes of at least 4 members (excludes halogenated alkanes) is 8. The highest BCUT2D eigenvalue weighted by Crippen LogP contribution is 2.45. The summed E-state index contributed by atoms with van der Waals surface area (Å²) in [6.07, 6.45) is 0.776. The van der Waals surface area contributed by atoms with Crippen molar-refractivity contribution in [1.82, 2.24) is 0 Å². The quantitative estimate of drug-likeness (QED) is 0.0148. The van der Waals surface area contributed by atoms with Crippen molar-refractivity contribution in [3.63, 3.8) is 0 Å². The molecule has 2 atom stereocenters. The van der Waals surface area contributed by atoms with E-state index in [2.05, 4.69) is 146 Å². The van der Waals surface area contributed by atoms with E-state index in [-0.39, 0.29) is 16.9 Å². The Bertz CT molecular complexity index is 2280. The Labute approximate surface area is 436 Å². The van der Waals surface area contributed by atoms with Crippen molar-refractivity contribution in [2.24, 2.45) is 0 Å². The molecule has 0 N–H and O–H groups in total. The van der Waals surface area contributed by atoms with Gasteiger partial charge in [0.15, 0.2) is 0 Å². The Morgan fingerprint density at radius 3 is 0.878 bits per heavy atom. The van der Waals surface area contributed by atoms with Gasteiger partial charge in [0.05, 0.1) is 24.3 Å². The number of rotatable bonds is 30. The fraction of sp³-hybridized carbons (Fsp3) is 0.300. The lowest BCUT2D eigenvalue weighted by atomic mass is 9.66. The molecule has 5 nitrogen and oxygen atoms in total. The third-order valence-electron chi connectivity index (χ3n) is 13.4. The largest absolute Gasteiger partial charge is 0.722 e. The standard InChI is InChI=1S/C60H63BF6O5P2/c62-59(63,64)54-45-55(60(65,66)67)47-56(46-54)70-61(71-73-68-43-27-5-1-3-25-41-57(48-29-13-7-14-30-48,49-31-15-8-16-32-49)50-33-17-9-18-34-50)72-74-69-44-28-6-2-4-26-42-58(51-35-19-10-20-36-51,52-37-21-11-22-38-52)53-39-23-12-24-40-53/h7-24,29-40,45-47,73-74H,1-6,25-28,41-44H2. The van der Waals surface area contributed by atoms with Gasteiger partial charge in [-0.2, -0.15) is 26.3 Å². The van der Waals surface area contributed by atoms with Crippen molar-refractivity contribution in [2.75, 3.05) is 13.2 Å². The van der Waals surface area contributed by atoms with Gasteiger partial charge >= 0.3 is 19.7 Å². The summed E-state index contributed by atoms with van der Waals surface area (Å²) >= 11 is 0. The summed E-state index contributed by atoms with van der Waals surface area (Å²) in [5.41, 5.74) is 3.78. The Morgan fingerprint density at radius 2 is 0.595 bits per heavy atom. The molecular formula is C60H63BF6O5P2. The van der Waals surface area contributed by atoms with Crippen LogP contribution in [0.15, 0.2) is 200 Å². The molecule has 388 valence electrons. The second-order valence-electron chi connectivity index (χ2n) is 18.3. The van der Waals surface area contributed by atoms with Gasteiger partial charge in [-0.1, -0.05) is 233 Å². The van der Waals surface area contributed by atoms with Gasteiger partial charge in [-0.3, -0.25) is 0 Å². The van der Waals surface area contributed by atoms with Crippen LogP contribution in [-0.4, -0.2) is 20.5 Å². The van der Waals surface area contributed by atoms with Crippen LogP contribution in [0.4, 0.5) is 26.3 Å². The molecule has 14 heteroatoms. The van der Waals surface area contributed by atoms with Crippen molar-refractivity contribution in [1.29, 1.82) is 0 Å². The molecule has 0 aliphatic rings. The molecule has 0 bridgehead atoms. The molecule has 0 saturated heterocycles. The van der Waals surface area contributed by atoms with E-state index in [1.54, 1.807) is 0 Å². The maximum Gasteiger partial charge on any atom is 0.722 e. The van der Waals surface area contributed by atoms with Crippen molar-refractivity contribution in [2.45, 2.75) is 100 Å². The first kappa shape index (κ1) is 56.4. The minimum absolute atomic E-state index is 0.0395. The number of alkyl halides is 6. The van der Waals surface area contributed by atoms with Crippen LogP contribution < -0.4 is 4.65 Å². The summed E-state index contributed by atoms with van der Waals surface area (Å²) in [5, 5.41) is 0. The first-order valence-electron chi connectivity index (χ1n) is 25.3. The van der Waals surface area contributed by atoms with E-state index in [1.165, 1.54) is 33.4 Å². The van der Waals surface area contributed by atoms with Crippen molar-refractivity contribution in [3.05, 3.63) is 245 Å². The molecular weight excluding hydrogens is 987 g/mol. The Hall–Kier alpha value is -5.32. The van der Waals surface area contributed by atoms with Crippen LogP contribution in [0.1, 0.15) is 122 Å². The molecule has 74 heavy (non-hydrogen) atoms. The highest BCUT2D eigenvalue weighted by Gasteiger charge is 2.39. The fourth-order valence-electron chi connectivity index (χ4n) is 9.80. The predicted molar refractivity (Wildman–Crippen MR) is 287 cm³/mol. The van der Waals surface area contributed by atoms with E-state index < -0.39 is 54.6 Å². The average Bonchev–Trinajstić information content (AvgIpc) is 3.42. The van der Waals surface area contributed by atoms with Gasteiger partial charge in [0.2, 0.25) is 0 Å². The first-order valence-corrected chi connectivity index (χ1v) is 27.0. The van der Waals surface area contributed by atoms with Gasteiger partial charge in [-0.15, -0.1) is 0 Å². The zero-order valence-electron chi connectivity index (χ0n) is 41.3. The van der Waals surface area contributed by atoms with E-state index in [1.807, 2.05) is 36.4 Å². The minimum atomic E-state index is -5.06. The van der Waals surface area contributed by atoms with E-state index in [0.717, 1.165) is 64.2 Å². The lowest BCUT2D eigenvalue weighted by Crippen LogP contribution is -2.29. The second kappa shape index (κ2) is 28.5. The third-order valence-corrected chi connectivity index (χ3v) is 14.6. The minimum Gasteiger partial charge on any atom is -0.511 e. The number of halogens is 6. The van der Waals surface area contributed by atoms with Crippen LogP contribution in [0.5, 0.6) is 5.75 Å². The molecule has 0 aliphatic carbocycles. The smallest absolute Gasteiger partial charge is 0.511 e. The highest BCUT2D eigenvalue weighted by atomic mass is 31.1. The van der Waals surface area contributed by atoms with Gasteiger partial charge in [0.1, 0.15) is 23.8 Å². The molecule has 0 fully saturated rings. The summed E-state index contributed by atoms with van der Waals surface area (Å²) in [6.45, 7) is 0.638. The van der Waals surface area contributed by atoms with Crippen LogP contribution in [-0.2, 0) is 41.1 Å². The number of hydrogen-bond acceptors (Lipinski definition) is 5. The molecule has 7 aromatic carbocycles. The van der Waals surface area contributed by atoms with Crippen molar-refractivity contribution in [3.8, 4) is 5.75 Å². The zero-order chi connectivity index (χ0) is 52.0. The summed E-state index contributed by atoms with van der Waals surface area (Å²) in [6, 6.07) is 64.7. The molecule has 7 rings (SSSR count). The van der Waals surface area contributed by atoms with Crippen LogP contribution in [0, 0.1) is 0 Å². The lowest BCUT2D eigenvalue weighted by Gasteiger charge is -2.36. The van der Waals surface area contributed by atoms with Crippen LogP contribution in [0.25, 0.3) is 0 Å². The Balaban J connectivity index is 0.872. The van der Waals surface area contributed by atoms with Gasteiger partial charge in [0.25, 0.3) is 0 Å². The van der Waals surface area contributed by atoms with Crippen LogP contribution in [0.3, 0.4) is 0 Å². The van der Waals surface area contributed by atoms with Gasteiger partial charge in [-0.25, -0.2) is 0 Å². The fourth-order valence-corrected chi connectivity index (χ4v) is 10.8. The Morgan fingerprint density at radius 1 is 0.324 bits per heavy atom. The molecule has 0 heterocycles. The summed E-state index contributed by atoms with van der Waals surface area (Å²) in [7, 11) is -3.05. The lowest BCUT2D eigenvalue weighted by molar-refractivity contribution is -0.143. The first-order chi connectivity index (χ1) is 36.0. The molecule has 0 radical (unpaired) electrons. The summed E-state index contributed by atoms with van der Waals surface area (Å²) in [5.74, 6) is -0.724. The van der Waals surface area contributed by atoms with Gasteiger partial charge in [0, 0.05) is 10.8 Å². The molecule has 7 aromatic rings. The molecule has 0 amide bonds. The normalized spacial score (nSPS) is 12.5. The SMILES string of the molecule is FC(F)(F)c1cc(OB(OPOCCCCCCCC(c2ccccc2)(c2ccccc2)c2ccccc2)OPOCCCCCCCC(c2ccccc2)(c2ccccc2)c2ccccc2)cc(C(F)(F)F)c1. The molecule has 0 spiro atoms. The van der Waals surface area contributed by atoms with Gasteiger partial charge in [-0.05, 0) is 77.3 Å². The molecule has 0 aromatic heterocycles. The van der Waals surface area contributed by atoms with E-state index in [0.29, 0.717) is 38.2 Å². The van der Waals surface area contributed by atoms with Gasteiger partial charge < -0.3 is 22.6 Å². The highest BCUT2D eigenvalue weighted by molar-refractivity contribution is 7.30. The average molecular weight is 1050 g/mol. The monoisotopic (exact) mass is 1050 g/mol. The summed E-state index contributed by atoms with van der Waals surface area (Å²) < 4.78 is 110. The predicted octanol–water partition coefficient (Wildman–Crippen LogP) is 17.9. The third kappa shape index (κ3) is 15.9. The number of hydrogen-bond donors (Lipinski definition) is 0. The Kier molecular flexibility index (Phi) is 21.8. The van der Waals surface area contributed by atoms with Crippen LogP contribution >= 0.6 is 18.1 Å². The second-order valence-corrected chi connectivity index (χ2v) is 19.7. The number of benzene rings is 7. The van der Waals surface area contributed by atoms with Crippen molar-refractivity contribution >= 4 is 25.4 Å². The topological polar surface area (TPSA) is 46.2 Å². The maximum absolute atomic E-state index is 13.7. The zero-order valence-corrected chi connectivity index (χ0v) is 43.3. The van der Waals surface area contributed by atoms with E-state index >= 15 is 0 Å². The molecule has 0 aliphatic heterocycles. The molecule has 0 saturated carbocycles. The van der Waals surface area contributed by atoms with Crippen LogP contribution in [0.2, 0.25) is 0 Å². The van der Waals surface area contributed by atoms with Crippen molar-refractivity contribution < 1.29 is 48.9 Å². The van der Waals surface area contributed by atoms with E-state index in [9.17, 15) is 26.3 Å². The molecule has 2 unspecified atom stereocenters. The summed E-state index contributed by atoms with van der Waals surface area (Å²) in [4.78, 5) is 0. The maximum atomic E-state index is 13.7. The van der Waals surface area contributed by atoms with E-state index in [4.69, 9.17) is 22.6 Å².